The summed E-state index contributed by atoms with van der Waals surface area (Å²) in [6, 6.07) is 15.4. The smallest absolute Gasteiger partial charge is 0.244 e. The zero-order chi connectivity index (χ0) is 37.2. The molecular weight excluding hydrogens is 786 g/mol. The van der Waals surface area contributed by atoms with Gasteiger partial charge in [0.1, 0.15) is 23.7 Å². The van der Waals surface area contributed by atoms with E-state index in [0.717, 1.165) is 53.9 Å². The van der Waals surface area contributed by atoms with Gasteiger partial charge in [0, 0.05) is 40.3 Å². The Balaban J connectivity index is 0.000000242. The fourth-order valence-electron chi connectivity index (χ4n) is 5.23. The number of Topliss-reactive ketones (excluding diaryl/α,β-unsaturated/α-hetero) is 2. The Labute approximate surface area is 332 Å². The molecule has 8 nitrogen and oxygen atoms in total. The van der Waals surface area contributed by atoms with Gasteiger partial charge in [-0.25, -0.2) is 0 Å². The van der Waals surface area contributed by atoms with E-state index < -0.39 is 5.24 Å². The molecule has 0 spiro atoms. The number of nitrogens with two attached hydrogens (primary N) is 1. The van der Waals surface area contributed by atoms with Crippen molar-refractivity contribution < 1.29 is 28.7 Å². The first-order chi connectivity index (χ1) is 24.3. The predicted molar refractivity (Wildman–Crippen MR) is 216 cm³/mol. The largest absolute Gasteiger partial charge is 0.487 e. The van der Waals surface area contributed by atoms with Crippen molar-refractivity contribution in [2.45, 2.75) is 52.7 Å². The highest BCUT2D eigenvalue weighted by atomic mass is 35.5. The van der Waals surface area contributed by atoms with Crippen molar-refractivity contribution in [3.05, 3.63) is 104 Å². The van der Waals surface area contributed by atoms with Crippen LogP contribution in [0.4, 0.5) is 0 Å². The number of carbonyl (C=O) groups is 4. The minimum atomic E-state index is -0.419. The fourth-order valence-corrected chi connectivity index (χ4v) is 7.70. The second-order valence-electron chi connectivity index (χ2n) is 11.5. The maximum atomic E-state index is 11.5. The zero-order valence-corrected chi connectivity index (χ0v) is 33.5. The molecule has 276 valence electrons. The summed E-state index contributed by atoms with van der Waals surface area (Å²) in [6.07, 6.45) is 7.41. The molecule has 0 saturated carbocycles. The van der Waals surface area contributed by atoms with Crippen molar-refractivity contribution >= 4 is 92.6 Å². The van der Waals surface area contributed by atoms with E-state index >= 15 is 0 Å². The third-order valence-electron chi connectivity index (χ3n) is 7.56. The number of nitrogens with one attached hydrogen (secondary N) is 1. The number of carbonyl (C=O) groups excluding carboxylic acids is 4. The monoisotopic (exact) mass is 822 g/mol. The summed E-state index contributed by atoms with van der Waals surface area (Å²) in [6.45, 7) is 7.58. The van der Waals surface area contributed by atoms with E-state index in [0.29, 0.717) is 35.3 Å². The summed E-state index contributed by atoms with van der Waals surface area (Å²) in [5.74, 6) is 1.43. The third-order valence-corrected chi connectivity index (χ3v) is 10.7. The Morgan fingerprint density at radius 1 is 0.788 bits per heavy atom. The van der Waals surface area contributed by atoms with Crippen LogP contribution in [0.5, 0.6) is 11.5 Å². The van der Waals surface area contributed by atoms with Crippen LogP contribution in [0.1, 0.15) is 58.2 Å². The summed E-state index contributed by atoms with van der Waals surface area (Å²) >= 11 is 20.5. The van der Waals surface area contributed by atoms with Crippen LogP contribution in [0.25, 0.3) is 20.9 Å². The Bertz CT molecular complexity index is 1990. The average Bonchev–Trinajstić information content (AvgIpc) is 3.90. The number of hydrogen-bond donors (Lipinski definition) is 2. The van der Waals surface area contributed by atoms with Gasteiger partial charge >= 0.3 is 0 Å². The minimum absolute atomic E-state index is 0. The average molecular weight is 825 g/mol. The number of rotatable bonds is 9. The van der Waals surface area contributed by atoms with Gasteiger partial charge in [0.2, 0.25) is 11.1 Å². The molecule has 52 heavy (non-hydrogen) atoms. The molecule has 4 heterocycles. The number of allylic oxidation sites excluding steroid dienone is 3. The summed E-state index contributed by atoms with van der Waals surface area (Å²) in [5, 5.41) is 3.55. The lowest BCUT2D eigenvalue weighted by Gasteiger charge is -2.11. The van der Waals surface area contributed by atoms with Crippen LogP contribution in [0.15, 0.2) is 72.8 Å². The van der Waals surface area contributed by atoms with Gasteiger partial charge in [-0.3, -0.25) is 19.2 Å². The van der Waals surface area contributed by atoms with Gasteiger partial charge in [0.05, 0.1) is 26.3 Å². The highest BCUT2D eigenvalue weighted by molar-refractivity contribution is 7.17. The lowest BCUT2D eigenvalue weighted by Crippen LogP contribution is -2.33. The van der Waals surface area contributed by atoms with Gasteiger partial charge in [0.15, 0.2) is 11.6 Å². The van der Waals surface area contributed by atoms with Crippen molar-refractivity contribution in [1.29, 1.82) is 0 Å². The van der Waals surface area contributed by atoms with E-state index in [-0.39, 0.29) is 42.1 Å². The maximum Gasteiger partial charge on any atom is 0.244 e. The second kappa shape index (κ2) is 20.1. The van der Waals surface area contributed by atoms with Crippen molar-refractivity contribution in [2.75, 3.05) is 13.1 Å². The van der Waals surface area contributed by atoms with Crippen molar-refractivity contribution in [3.8, 4) is 32.4 Å². The van der Waals surface area contributed by atoms with Gasteiger partial charge in [0.25, 0.3) is 0 Å². The lowest BCUT2D eigenvalue weighted by atomic mass is 10.1. The van der Waals surface area contributed by atoms with Crippen LogP contribution in [-0.2, 0) is 22.4 Å². The Hall–Kier alpha value is -3.48. The molecule has 2 aromatic carbocycles. The van der Waals surface area contributed by atoms with Crippen LogP contribution in [0.2, 0.25) is 10.0 Å². The summed E-state index contributed by atoms with van der Waals surface area (Å²) < 4.78 is 11.6. The van der Waals surface area contributed by atoms with Crippen LogP contribution >= 0.6 is 69.9 Å². The number of halogens is 4. The van der Waals surface area contributed by atoms with E-state index in [1.807, 2.05) is 42.5 Å². The molecule has 0 saturated heterocycles. The summed E-state index contributed by atoms with van der Waals surface area (Å²) in [4.78, 5) is 47.6. The topological polar surface area (TPSA) is 125 Å². The van der Waals surface area contributed by atoms with Gasteiger partial charge in [-0.1, -0.05) is 35.4 Å². The number of ketones is 2. The predicted octanol–water partition coefficient (Wildman–Crippen LogP) is 9.55. The number of thiophene rings is 2. The maximum absolute atomic E-state index is 11.5. The van der Waals surface area contributed by atoms with Crippen molar-refractivity contribution in [3.63, 3.8) is 0 Å². The van der Waals surface area contributed by atoms with E-state index in [2.05, 4.69) is 11.4 Å². The molecule has 3 N–H and O–H groups in total. The molecule has 2 atom stereocenters. The zero-order valence-electron chi connectivity index (χ0n) is 28.8. The fraction of sp³-hybridized carbons (Fsp3) is 0.263. The first-order valence-electron chi connectivity index (χ1n) is 16.0. The SMILES string of the molecule is C/C=C/C(=O)Cl.C/C=C/C(=O)NCC1Cc2cc(-c3ccc(C(C)=O)s3)cc(Cl)c2O1.CC(=O)c1ccc(-c2cc(Cl)c3c(c2)CC(CN)O3)s1.Cl. The van der Waals surface area contributed by atoms with Crippen molar-refractivity contribution in [1.82, 2.24) is 5.32 Å². The Morgan fingerprint density at radius 2 is 1.25 bits per heavy atom. The first kappa shape index (κ1) is 42.9. The summed E-state index contributed by atoms with van der Waals surface area (Å²) in [7, 11) is 0. The van der Waals surface area contributed by atoms with Gasteiger partial charge in [-0.15, -0.1) is 35.1 Å². The lowest BCUT2D eigenvalue weighted by molar-refractivity contribution is -0.116. The Morgan fingerprint density at radius 3 is 1.63 bits per heavy atom. The number of benzene rings is 2. The number of fused-ring (bicyclic) bond motifs is 2. The number of hydrogen-bond acceptors (Lipinski definition) is 9. The highest BCUT2D eigenvalue weighted by Gasteiger charge is 2.27. The Kier molecular flexibility index (Phi) is 16.6. The highest BCUT2D eigenvalue weighted by Crippen LogP contribution is 2.42. The molecule has 14 heteroatoms. The van der Waals surface area contributed by atoms with Crippen LogP contribution in [-0.4, -0.2) is 48.0 Å². The van der Waals surface area contributed by atoms with Crippen LogP contribution in [0, 0.1) is 0 Å². The molecule has 0 aliphatic carbocycles. The number of amides is 1. The molecule has 4 aromatic rings. The standard InChI is InChI=1S/C19H18ClNO3S.C15H14ClNO2S.C4H5ClO.ClH/c1-3-4-18(23)21-10-14-8-13-7-12(9-15(20)19(13)24-14)17-6-5-16(25-17)11(2)22;1-8(18)13-2-3-14(20-13)9-4-10-5-11(7-17)19-15(10)12(16)6-9;1-2-3-4(5)6;/h3-7,9,14H,8,10H2,1-2H3,(H,21,23);2-4,6,11H,5,7,17H2,1H3;2-3H,1H3;1H/b4-3+;;3-2+;. The molecule has 0 radical (unpaired) electrons. The van der Waals surface area contributed by atoms with E-state index in [1.54, 1.807) is 39.8 Å². The molecule has 2 aliphatic heterocycles. The van der Waals surface area contributed by atoms with Gasteiger partial charge in [-0.05, 0) is 111 Å². The van der Waals surface area contributed by atoms with Crippen LogP contribution in [0.3, 0.4) is 0 Å². The first-order valence-corrected chi connectivity index (χ1v) is 18.7. The van der Waals surface area contributed by atoms with Gasteiger partial charge in [-0.2, -0.15) is 0 Å². The van der Waals surface area contributed by atoms with E-state index in [1.165, 1.54) is 34.8 Å². The number of ether oxygens (including phenoxy) is 2. The normalized spacial score (nSPS) is 15.2. The van der Waals surface area contributed by atoms with Crippen molar-refractivity contribution in [2.24, 2.45) is 5.73 Å². The molecular formula is C38H38Cl4N2O6S2. The molecule has 0 fully saturated rings. The molecule has 1 amide bonds. The molecule has 2 aliphatic rings. The quantitative estimate of drug-likeness (QED) is 0.0979. The van der Waals surface area contributed by atoms with Gasteiger partial charge < -0.3 is 20.5 Å². The third kappa shape index (κ3) is 11.5. The molecule has 2 aromatic heterocycles. The van der Waals surface area contributed by atoms with E-state index in [4.69, 9.17) is 50.0 Å². The second-order valence-corrected chi connectivity index (χ2v) is 14.9. The molecule has 0 bridgehead atoms. The summed E-state index contributed by atoms with van der Waals surface area (Å²) in [5.41, 5.74) is 9.74. The molecule has 6 rings (SSSR count). The van der Waals surface area contributed by atoms with Crippen LogP contribution < -0.4 is 20.5 Å². The minimum Gasteiger partial charge on any atom is -0.487 e. The molecule has 2 unspecified atom stereocenters. The van der Waals surface area contributed by atoms with E-state index in [9.17, 15) is 19.2 Å².